The molecule has 0 radical (unpaired) electrons. The molecule has 1 unspecified atom stereocenters. The summed E-state index contributed by atoms with van der Waals surface area (Å²) in [4.78, 5) is 29.3. The Morgan fingerprint density at radius 3 is 2.39 bits per heavy atom. The minimum Gasteiger partial charge on any atom is -0.337 e. The molecule has 2 aliphatic rings. The van der Waals surface area contributed by atoms with Crippen molar-refractivity contribution >= 4 is 33.4 Å². The van der Waals surface area contributed by atoms with Gasteiger partial charge in [-0.3, -0.25) is 9.59 Å². The number of nitrogens with one attached hydrogen (secondary N) is 2. The number of rotatable bonds is 3. The van der Waals surface area contributed by atoms with Gasteiger partial charge in [0.15, 0.2) is 6.04 Å². The second-order valence-electron chi connectivity index (χ2n) is 6.78. The van der Waals surface area contributed by atoms with Crippen molar-refractivity contribution in [3.05, 3.63) is 28.7 Å². The van der Waals surface area contributed by atoms with E-state index in [2.05, 4.69) is 30.0 Å². The molecular formula is C17H24BrN3O2+2. The summed E-state index contributed by atoms with van der Waals surface area (Å²) in [5, 5.41) is 0. The van der Waals surface area contributed by atoms with Crippen molar-refractivity contribution in [2.45, 2.75) is 31.3 Å². The number of amides is 2. The van der Waals surface area contributed by atoms with E-state index in [1.807, 2.05) is 24.3 Å². The Bertz CT molecular complexity index is 596. The largest absolute Gasteiger partial charge is 0.337 e. The van der Waals surface area contributed by atoms with Crippen molar-refractivity contribution in [2.75, 3.05) is 32.1 Å². The Labute approximate surface area is 145 Å². The summed E-state index contributed by atoms with van der Waals surface area (Å²) in [6, 6.07) is 7.59. The summed E-state index contributed by atoms with van der Waals surface area (Å²) in [7, 11) is 4.29. The van der Waals surface area contributed by atoms with Crippen molar-refractivity contribution < 1.29 is 19.4 Å². The summed E-state index contributed by atoms with van der Waals surface area (Å²) in [5.74, 6) is -0.138. The van der Waals surface area contributed by atoms with Crippen LogP contribution in [0.5, 0.6) is 0 Å². The van der Waals surface area contributed by atoms with Crippen LogP contribution < -0.4 is 14.7 Å². The average Bonchev–Trinajstić information content (AvgIpc) is 2.83. The molecule has 0 bridgehead atoms. The van der Waals surface area contributed by atoms with Crippen molar-refractivity contribution in [3.63, 3.8) is 0 Å². The topological polar surface area (TPSA) is 46.3 Å². The predicted octanol–water partition coefficient (Wildman–Crippen LogP) is -0.727. The van der Waals surface area contributed by atoms with Gasteiger partial charge in [-0.05, 0) is 24.3 Å². The molecule has 2 N–H and O–H groups in total. The van der Waals surface area contributed by atoms with Gasteiger partial charge in [0.1, 0.15) is 0 Å². The Morgan fingerprint density at radius 2 is 1.78 bits per heavy atom. The molecule has 3 rings (SSSR count). The number of quaternary nitrogens is 2. The van der Waals surface area contributed by atoms with Crippen LogP contribution in [0.25, 0.3) is 0 Å². The number of hydrogen-bond donors (Lipinski definition) is 2. The van der Waals surface area contributed by atoms with Gasteiger partial charge in [-0.25, -0.2) is 4.90 Å². The molecule has 2 heterocycles. The fraction of sp³-hybridized carbons (Fsp3) is 0.529. The first-order valence-electron chi connectivity index (χ1n) is 8.24. The summed E-state index contributed by atoms with van der Waals surface area (Å²) in [5.41, 5.74) is 0.673. The van der Waals surface area contributed by atoms with Gasteiger partial charge in [0.2, 0.25) is 5.91 Å². The number of likely N-dealkylation sites (tertiary alicyclic amines) is 1. The van der Waals surface area contributed by atoms with Gasteiger partial charge in [-0.1, -0.05) is 15.9 Å². The average molecular weight is 382 g/mol. The zero-order valence-electron chi connectivity index (χ0n) is 13.6. The second kappa shape index (κ2) is 6.71. The zero-order valence-corrected chi connectivity index (χ0v) is 15.2. The van der Waals surface area contributed by atoms with Crippen molar-refractivity contribution in [1.82, 2.24) is 0 Å². The molecule has 2 fully saturated rings. The van der Waals surface area contributed by atoms with E-state index in [1.54, 1.807) is 4.90 Å². The lowest BCUT2D eigenvalue weighted by molar-refractivity contribution is -0.948. The third-order valence-electron chi connectivity index (χ3n) is 5.26. The van der Waals surface area contributed by atoms with E-state index in [9.17, 15) is 9.59 Å². The first kappa shape index (κ1) is 16.6. The summed E-state index contributed by atoms with van der Waals surface area (Å²) in [6.45, 7) is 2.29. The highest BCUT2D eigenvalue weighted by atomic mass is 79.9. The van der Waals surface area contributed by atoms with Crippen LogP contribution in [0.4, 0.5) is 5.69 Å². The van der Waals surface area contributed by atoms with E-state index < -0.39 is 0 Å². The van der Waals surface area contributed by atoms with E-state index in [4.69, 9.17) is 0 Å². The number of hydrogen-bond acceptors (Lipinski definition) is 2. The summed E-state index contributed by atoms with van der Waals surface area (Å²) < 4.78 is 0.938. The number of nitrogens with zero attached hydrogens (tertiary/aromatic N) is 1. The van der Waals surface area contributed by atoms with Crippen molar-refractivity contribution in [3.8, 4) is 0 Å². The van der Waals surface area contributed by atoms with Crippen LogP contribution in [0.1, 0.15) is 19.3 Å². The first-order chi connectivity index (χ1) is 11.0. The molecule has 23 heavy (non-hydrogen) atoms. The maximum atomic E-state index is 12.8. The van der Waals surface area contributed by atoms with Crippen LogP contribution in [0.15, 0.2) is 28.7 Å². The van der Waals surface area contributed by atoms with Gasteiger partial charge in [-0.2, -0.15) is 0 Å². The summed E-state index contributed by atoms with van der Waals surface area (Å²) in [6.07, 6.45) is 2.56. The second-order valence-corrected chi connectivity index (χ2v) is 7.69. The minimum absolute atomic E-state index is 0.0545. The van der Waals surface area contributed by atoms with E-state index in [0.29, 0.717) is 18.2 Å². The van der Waals surface area contributed by atoms with Crippen LogP contribution in [-0.2, 0) is 9.59 Å². The fourth-order valence-electron chi connectivity index (χ4n) is 3.70. The van der Waals surface area contributed by atoms with E-state index in [1.165, 1.54) is 9.80 Å². The normalized spacial score (nSPS) is 29.9. The maximum Gasteiger partial charge on any atom is 0.292 e. The fourth-order valence-corrected chi connectivity index (χ4v) is 3.96. The highest BCUT2D eigenvalue weighted by molar-refractivity contribution is 9.10. The molecule has 2 atom stereocenters. The highest BCUT2D eigenvalue weighted by Crippen LogP contribution is 2.24. The van der Waals surface area contributed by atoms with Crippen LogP contribution in [0.3, 0.4) is 0 Å². The van der Waals surface area contributed by atoms with Crippen molar-refractivity contribution in [1.29, 1.82) is 0 Å². The smallest absolute Gasteiger partial charge is 0.292 e. The van der Waals surface area contributed by atoms with Gasteiger partial charge in [0.25, 0.3) is 5.91 Å². The zero-order chi connectivity index (χ0) is 16.6. The van der Waals surface area contributed by atoms with Crippen LogP contribution >= 0.6 is 15.9 Å². The predicted molar refractivity (Wildman–Crippen MR) is 91.6 cm³/mol. The third kappa shape index (κ3) is 3.34. The molecule has 0 saturated carbocycles. The Morgan fingerprint density at radius 1 is 1.17 bits per heavy atom. The van der Waals surface area contributed by atoms with Gasteiger partial charge >= 0.3 is 0 Å². The van der Waals surface area contributed by atoms with Gasteiger partial charge in [0.05, 0.1) is 45.3 Å². The Balaban J connectivity index is 1.74. The number of carbonyl (C=O) groups excluding carboxylic acids is 2. The van der Waals surface area contributed by atoms with Gasteiger partial charge in [0, 0.05) is 17.3 Å². The Hall–Kier alpha value is -1.24. The summed E-state index contributed by atoms with van der Waals surface area (Å²) >= 11 is 3.38. The molecule has 5 nitrogen and oxygen atoms in total. The third-order valence-corrected chi connectivity index (χ3v) is 5.79. The van der Waals surface area contributed by atoms with Crippen LogP contribution in [0.2, 0.25) is 0 Å². The van der Waals surface area contributed by atoms with Gasteiger partial charge < -0.3 is 9.80 Å². The van der Waals surface area contributed by atoms with E-state index in [0.717, 1.165) is 30.4 Å². The molecule has 2 saturated heterocycles. The van der Waals surface area contributed by atoms with Crippen molar-refractivity contribution in [2.24, 2.45) is 0 Å². The lowest BCUT2D eigenvalue weighted by atomic mass is 10.0. The number of halogens is 1. The van der Waals surface area contributed by atoms with Crippen LogP contribution in [0, 0.1) is 0 Å². The number of likely N-dealkylation sites (N-methyl/N-ethyl adjacent to an activating group) is 1. The molecule has 124 valence electrons. The van der Waals surface area contributed by atoms with E-state index in [-0.39, 0.29) is 17.9 Å². The quantitative estimate of drug-likeness (QED) is 0.678. The number of benzene rings is 1. The minimum atomic E-state index is -0.241. The number of imide groups is 1. The monoisotopic (exact) mass is 381 g/mol. The first-order valence-corrected chi connectivity index (χ1v) is 9.03. The molecule has 2 amide bonds. The SMILES string of the molecule is C[NH+]1CCC([NH+](C)[C@H]2CC(=O)N(c3ccc(Br)cc3)C2=O)CC1. The Kier molecular flexibility index (Phi) is 4.85. The van der Waals surface area contributed by atoms with Gasteiger partial charge in [-0.15, -0.1) is 0 Å². The standard InChI is InChI=1S/C17H22BrN3O2/c1-19-9-7-13(8-10-19)20(2)15-11-16(22)21(17(15)23)14-5-3-12(18)4-6-14/h3-6,13,15H,7-11H2,1-2H3/p+2/t15-/m0/s1. The molecular weight excluding hydrogens is 358 g/mol. The molecule has 0 aromatic heterocycles. The molecule has 1 aromatic rings. The molecule has 6 heteroatoms. The number of carbonyl (C=O) groups is 2. The lowest BCUT2D eigenvalue weighted by Gasteiger charge is -2.33. The molecule has 2 aliphatic heterocycles. The molecule has 1 aromatic carbocycles. The highest BCUT2D eigenvalue weighted by Gasteiger charge is 2.46. The van der Waals surface area contributed by atoms with E-state index >= 15 is 0 Å². The number of anilines is 1. The maximum absolute atomic E-state index is 12.8. The lowest BCUT2D eigenvalue weighted by Crippen LogP contribution is -3.21. The molecule has 0 aliphatic carbocycles. The number of piperidine rings is 1. The van der Waals surface area contributed by atoms with Crippen LogP contribution in [-0.4, -0.2) is 51.1 Å². The molecule has 0 spiro atoms.